The van der Waals surface area contributed by atoms with E-state index in [0.717, 1.165) is 66.5 Å². The van der Waals surface area contributed by atoms with E-state index in [4.69, 9.17) is 14.4 Å². The molecular formula is C54H33N3O. The van der Waals surface area contributed by atoms with Gasteiger partial charge in [0.15, 0.2) is 5.82 Å². The van der Waals surface area contributed by atoms with Crippen LogP contribution < -0.4 is 0 Å². The molecule has 0 saturated heterocycles. The summed E-state index contributed by atoms with van der Waals surface area (Å²) in [6.45, 7) is 0. The number of benzene rings is 9. The number of furan rings is 1. The van der Waals surface area contributed by atoms with E-state index in [2.05, 4.69) is 174 Å². The van der Waals surface area contributed by atoms with Gasteiger partial charge in [0.05, 0.1) is 22.2 Å². The van der Waals surface area contributed by atoms with Gasteiger partial charge in [-0.1, -0.05) is 146 Å². The summed E-state index contributed by atoms with van der Waals surface area (Å²) in [5.41, 5.74) is 13.7. The van der Waals surface area contributed by atoms with Gasteiger partial charge in [-0.25, -0.2) is 9.97 Å². The molecule has 270 valence electrons. The normalized spacial score (nSPS) is 11.8. The Bertz CT molecular complexity index is 3550. The quantitative estimate of drug-likeness (QED) is 0.177. The molecule has 0 bridgehead atoms. The van der Waals surface area contributed by atoms with Crippen molar-refractivity contribution in [1.82, 2.24) is 14.5 Å². The van der Waals surface area contributed by atoms with Crippen LogP contribution in [-0.2, 0) is 0 Å². The van der Waals surface area contributed by atoms with Crippen LogP contribution in [0, 0.1) is 0 Å². The summed E-state index contributed by atoms with van der Waals surface area (Å²) in [5.74, 6) is 0.678. The van der Waals surface area contributed by atoms with E-state index in [0.29, 0.717) is 5.82 Å². The number of fused-ring (bicyclic) bond motifs is 9. The Morgan fingerprint density at radius 2 is 1.03 bits per heavy atom. The van der Waals surface area contributed by atoms with Crippen LogP contribution >= 0.6 is 0 Å². The van der Waals surface area contributed by atoms with Gasteiger partial charge in [-0.2, -0.15) is 0 Å². The zero-order valence-corrected chi connectivity index (χ0v) is 31.3. The fourth-order valence-corrected chi connectivity index (χ4v) is 8.89. The van der Waals surface area contributed by atoms with E-state index in [-0.39, 0.29) is 0 Å². The van der Waals surface area contributed by atoms with Crippen molar-refractivity contribution in [3.63, 3.8) is 0 Å². The van der Waals surface area contributed by atoms with Crippen LogP contribution in [-0.4, -0.2) is 14.5 Å². The van der Waals surface area contributed by atoms with Crippen LogP contribution in [0.3, 0.4) is 0 Å². The lowest BCUT2D eigenvalue weighted by Gasteiger charge is -2.10. The van der Waals surface area contributed by atoms with Gasteiger partial charge in [-0.05, 0) is 87.6 Å². The third kappa shape index (κ3) is 5.09. The minimum atomic E-state index is 0.678. The summed E-state index contributed by atoms with van der Waals surface area (Å²) in [4.78, 5) is 10.3. The summed E-state index contributed by atoms with van der Waals surface area (Å²) in [7, 11) is 0. The fraction of sp³-hybridized carbons (Fsp3) is 0. The molecule has 0 atom stereocenters. The lowest BCUT2D eigenvalue weighted by Crippen LogP contribution is -1.95. The van der Waals surface area contributed by atoms with Crippen molar-refractivity contribution < 1.29 is 4.42 Å². The summed E-state index contributed by atoms with van der Waals surface area (Å²) in [5, 5.41) is 8.12. The molecule has 4 nitrogen and oxygen atoms in total. The Morgan fingerprint density at radius 3 is 1.84 bits per heavy atom. The van der Waals surface area contributed by atoms with E-state index in [1.165, 1.54) is 43.7 Å². The molecule has 12 aromatic rings. The van der Waals surface area contributed by atoms with Crippen LogP contribution in [0.15, 0.2) is 205 Å². The Kier molecular flexibility index (Phi) is 7.20. The lowest BCUT2D eigenvalue weighted by molar-refractivity contribution is 0.669. The van der Waals surface area contributed by atoms with E-state index in [9.17, 15) is 0 Å². The Hall–Kier alpha value is -7.82. The van der Waals surface area contributed by atoms with Crippen molar-refractivity contribution in [3.8, 4) is 50.6 Å². The molecule has 9 aromatic carbocycles. The maximum absolute atomic E-state index is 6.45. The van der Waals surface area contributed by atoms with E-state index >= 15 is 0 Å². The second-order valence-electron chi connectivity index (χ2n) is 14.9. The predicted octanol–water partition coefficient (Wildman–Crippen LogP) is 14.4. The number of para-hydroxylation sites is 2. The fourth-order valence-electron chi connectivity index (χ4n) is 8.89. The average molecular weight is 740 g/mol. The highest BCUT2D eigenvalue weighted by Crippen LogP contribution is 2.41. The molecule has 3 aromatic heterocycles. The molecule has 0 aliphatic carbocycles. The van der Waals surface area contributed by atoms with E-state index in [1.807, 2.05) is 30.3 Å². The molecule has 0 N–H and O–H groups in total. The van der Waals surface area contributed by atoms with Gasteiger partial charge >= 0.3 is 0 Å². The molecule has 0 saturated carbocycles. The Balaban J connectivity index is 0.963. The molecule has 3 heterocycles. The zero-order chi connectivity index (χ0) is 38.2. The van der Waals surface area contributed by atoms with Gasteiger partial charge in [-0.3, -0.25) is 0 Å². The first kappa shape index (κ1) is 32.4. The van der Waals surface area contributed by atoms with Crippen molar-refractivity contribution in [2.24, 2.45) is 0 Å². The van der Waals surface area contributed by atoms with Gasteiger partial charge < -0.3 is 8.98 Å². The van der Waals surface area contributed by atoms with Gasteiger partial charge in [0.1, 0.15) is 11.2 Å². The molecule has 0 radical (unpaired) electrons. The van der Waals surface area contributed by atoms with Crippen LogP contribution in [0.5, 0.6) is 0 Å². The van der Waals surface area contributed by atoms with Gasteiger partial charge in [0.2, 0.25) is 0 Å². The minimum absolute atomic E-state index is 0.678. The SMILES string of the molecule is c1ccc(-c2nc(-c3cccc4oc5ccc(-c6ccc(-c7ccc8c(c7)c7c9ccccc9ccc7n8-c7ccccc7)cc6)cc5c34)nc3ccccc23)cc1. The molecule has 4 heteroatoms. The Labute approximate surface area is 333 Å². The first-order valence-corrected chi connectivity index (χ1v) is 19.7. The standard InChI is InChI=1S/C54H33N3O/c1-3-13-37(14-4-1)53-42-18-9-10-20-46(42)55-54(56-53)43-19-11-21-50-52(43)45-33-39(28-31-49(45)58-50)35-24-22-34(23-25-35)38-27-29-47-44(32-38)51-41-17-8-7-12-36(41)26-30-48(51)57(47)40-15-5-2-6-16-40/h1-33H. The number of nitrogens with zero attached hydrogens (tertiary/aromatic N) is 3. The molecular weight excluding hydrogens is 707 g/mol. The first-order chi connectivity index (χ1) is 28.7. The van der Waals surface area contributed by atoms with Crippen LogP contribution in [0.2, 0.25) is 0 Å². The Morgan fingerprint density at radius 1 is 0.379 bits per heavy atom. The summed E-state index contributed by atoms with van der Waals surface area (Å²) in [6, 6.07) is 70.9. The lowest BCUT2D eigenvalue weighted by atomic mass is 9.97. The molecule has 0 amide bonds. The third-order valence-electron chi connectivity index (χ3n) is 11.6. The largest absolute Gasteiger partial charge is 0.456 e. The highest BCUT2D eigenvalue weighted by atomic mass is 16.3. The monoisotopic (exact) mass is 739 g/mol. The van der Waals surface area contributed by atoms with Crippen LogP contribution in [0.1, 0.15) is 0 Å². The highest BCUT2D eigenvalue weighted by Gasteiger charge is 2.19. The van der Waals surface area contributed by atoms with Gasteiger partial charge in [0.25, 0.3) is 0 Å². The number of hydrogen-bond acceptors (Lipinski definition) is 3. The average Bonchev–Trinajstić information content (AvgIpc) is 3.85. The molecule has 58 heavy (non-hydrogen) atoms. The van der Waals surface area contributed by atoms with Crippen molar-refractivity contribution in [2.45, 2.75) is 0 Å². The predicted molar refractivity (Wildman–Crippen MR) is 240 cm³/mol. The maximum Gasteiger partial charge on any atom is 0.161 e. The number of rotatable bonds is 5. The molecule has 0 fully saturated rings. The highest BCUT2D eigenvalue weighted by molar-refractivity contribution is 6.22. The van der Waals surface area contributed by atoms with Crippen molar-refractivity contribution in [2.75, 3.05) is 0 Å². The zero-order valence-electron chi connectivity index (χ0n) is 31.3. The summed E-state index contributed by atoms with van der Waals surface area (Å²) < 4.78 is 8.84. The van der Waals surface area contributed by atoms with Crippen molar-refractivity contribution in [3.05, 3.63) is 200 Å². The molecule has 0 unspecified atom stereocenters. The molecule has 12 rings (SSSR count). The van der Waals surface area contributed by atoms with E-state index in [1.54, 1.807) is 0 Å². The minimum Gasteiger partial charge on any atom is -0.456 e. The second kappa shape index (κ2) is 12.9. The van der Waals surface area contributed by atoms with Crippen LogP contribution in [0.25, 0.3) is 116 Å². The van der Waals surface area contributed by atoms with Gasteiger partial charge in [0, 0.05) is 43.7 Å². The van der Waals surface area contributed by atoms with Gasteiger partial charge in [-0.15, -0.1) is 0 Å². The topological polar surface area (TPSA) is 43.9 Å². The van der Waals surface area contributed by atoms with E-state index < -0.39 is 0 Å². The summed E-state index contributed by atoms with van der Waals surface area (Å²) in [6.07, 6.45) is 0. The third-order valence-corrected chi connectivity index (χ3v) is 11.6. The van der Waals surface area contributed by atoms with Crippen molar-refractivity contribution >= 4 is 65.4 Å². The number of hydrogen-bond donors (Lipinski definition) is 0. The van der Waals surface area contributed by atoms with Crippen molar-refractivity contribution in [1.29, 1.82) is 0 Å². The smallest absolute Gasteiger partial charge is 0.161 e. The first-order valence-electron chi connectivity index (χ1n) is 19.7. The maximum atomic E-state index is 6.45. The molecule has 0 spiro atoms. The molecule has 0 aliphatic rings. The second-order valence-corrected chi connectivity index (χ2v) is 14.9. The molecule has 0 aliphatic heterocycles. The number of aromatic nitrogens is 3. The van der Waals surface area contributed by atoms with Crippen LogP contribution in [0.4, 0.5) is 0 Å². The summed E-state index contributed by atoms with van der Waals surface area (Å²) >= 11 is 0.